The number of amides is 2. The number of carbonyl (C=O) groups excluding carboxylic acids is 3. The van der Waals surface area contributed by atoms with Gasteiger partial charge in [0.2, 0.25) is 0 Å². The second kappa shape index (κ2) is 13.5. The highest BCUT2D eigenvalue weighted by molar-refractivity contribution is 7.20. The number of carbonyl (C=O) groups is 3. The summed E-state index contributed by atoms with van der Waals surface area (Å²) in [5, 5.41) is 11.3. The number of anilines is 1. The molecule has 0 bridgehead atoms. The van der Waals surface area contributed by atoms with E-state index in [2.05, 4.69) is 20.6 Å². The lowest BCUT2D eigenvalue weighted by Gasteiger charge is -2.27. The van der Waals surface area contributed by atoms with Crippen LogP contribution < -0.4 is 10.6 Å². The Hall–Kier alpha value is -3.73. The minimum Gasteiger partial charge on any atom is -0.448 e. The molecular weight excluding hydrogens is 598 g/mol. The first kappa shape index (κ1) is 31.7. The zero-order chi connectivity index (χ0) is 31.4. The molecule has 2 amide bonds. The SMILES string of the molecule is CC(C)COC(=O)n1nc(NC(=O)c2ccc(CN3CCCCC3)cc2)c2cc(C(=O)NC(C)(C)c3ccccc3Cl)sc21. The van der Waals surface area contributed by atoms with Crippen LogP contribution >= 0.6 is 22.9 Å². The van der Waals surface area contributed by atoms with Crippen molar-refractivity contribution in [3.63, 3.8) is 0 Å². The van der Waals surface area contributed by atoms with Crippen LogP contribution in [0.5, 0.6) is 0 Å². The maximum Gasteiger partial charge on any atom is 0.436 e. The van der Waals surface area contributed by atoms with Gasteiger partial charge in [-0.3, -0.25) is 14.5 Å². The quantitative estimate of drug-likeness (QED) is 0.200. The van der Waals surface area contributed by atoms with Crippen molar-refractivity contribution in [3.05, 3.63) is 81.2 Å². The molecule has 1 fully saturated rings. The summed E-state index contributed by atoms with van der Waals surface area (Å²) in [6.07, 6.45) is 3.04. The van der Waals surface area contributed by atoms with Crippen molar-refractivity contribution in [1.82, 2.24) is 20.0 Å². The van der Waals surface area contributed by atoms with Crippen molar-refractivity contribution < 1.29 is 19.1 Å². The fourth-order valence-electron chi connectivity index (χ4n) is 5.23. The largest absolute Gasteiger partial charge is 0.448 e. The predicted octanol–water partition coefficient (Wildman–Crippen LogP) is 7.30. The first-order valence-corrected chi connectivity index (χ1v) is 16.1. The third kappa shape index (κ3) is 7.31. The van der Waals surface area contributed by atoms with Crippen LogP contribution in [0.1, 0.15) is 78.1 Å². The summed E-state index contributed by atoms with van der Waals surface area (Å²) >= 11 is 7.51. The van der Waals surface area contributed by atoms with Crippen LogP contribution in [-0.4, -0.2) is 52.3 Å². The van der Waals surface area contributed by atoms with E-state index in [1.807, 2.05) is 58.0 Å². The third-order valence-electron chi connectivity index (χ3n) is 7.57. The van der Waals surface area contributed by atoms with Crippen LogP contribution in [0.2, 0.25) is 5.02 Å². The number of hydrogen-bond acceptors (Lipinski definition) is 7. The van der Waals surface area contributed by atoms with E-state index in [4.69, 9.17) is 16.3 Å². The molecule has 1 aliphatic heterocycles. The Balaban J connectivity index is 1.39. The molecule has 2 aromatic carbocycles. The standard InChI is InChI=1S/C33H38ClN5O4S/c1-21(2)20-43-32(42)39-31-24(18-27(44-31)30(41)36-33(3,4)25-10-6-7-11-26(25)34)28(37-39)35-29(40)23-14-12-22(13-15-23)19-38-16-8-5-9-17-38/h6-7,10-15,18,21H,5,8-9,16-17,19-20H2,1-4H3,(H,36,41)(H,35,37,40). The molecule has 3 heterocycles. The summed E-state index contributed by atoms with van der Waals surface area (Å²) in [7, 11) is 0. The number of benzene rings is 2. The molecule has 0 unspecified atom stereocenters. The summed E-state index contributed by atoms with van der Waals surface area (Å²) in [4.78, 5) is 42.9. The fourth-order valence-corrected chi connectivity index (χ4v) is 6.60. The summed E-state index contributed by atoms with van der Waals surface area (Å²) in [5.41, 5.74) is 1.61. The second-order valence-corrected chi connectivity index (χ2v) is 13.5. The van der Waals surface area contributed by atoms with Gasteiger partial charge in [0.05, 0.1) is 22.4 Å². The van der Waals surface area contributed by atoms with E-state index in [0.29, 0.717) is 25.7 Å². The molecule has 0 radical (unpaired) electrons. The maximum atomic E-state index is 13.5. The Morgan fingerprint density at radius 3 is 2.41 bits per heavy atom. The molecule has 1 aliphatic rings. The van der Waals surface area contributed by atoms with Crippen molar-refractivity contribution in [3.8, 4) is 0 Å². The zero-order valence-corrected chi connectivity index (χ0v) is 27.1. The highest BCUT2D eigenvalue weighted by Crippen LogP contribution is 2.34. The third-order valence-corrected chi connectivity index (χ3v) is 9.01. The number of hydrogen-bond donors (Lipinski definition) is 2. The van der Waals surface area contributed by atoms with Gasteiger partial charge in [0.15, 0.2) is 5.82 Å². The van der Waals surface area contributed by atoms with Gasteiger partial charge >= 0.3 is 6.09 Å². The Kier molecular flexibility index (Phi) is 9.72. The lowest BCUT2D eigenvalue weighted by Crippen LogP contribution is -2.40. The lowest BCUT2D eigenvalue weighted by atomic mass is 9.94. The number of ether oxygens (including phenoxy) is 1. The normalized spacial score (nSPS) is 14.1. The van der Waals surface area contributed by atoms with Gasteiger partial charge in [0.25, 0.3) is 11.8 Å². The molecule has 0 atom stereocenters. The molecule has 44 heavy (non-hydrogen) atoms. The molecule has 1 saturated heterocycles. The first-order chi connectivity index (χ1) is 21.0. The molecule has 0 aliphatic carbocycles. The average Bonchev–Trinajstić information content (AvgIpc) is 3.57. The number of halogens is 1. The number of thiophene rings is 1. The van der Waals surface area contributed by atoms with E-state index in [0.717, 1.165) is 46.8 Å². The van der Waals surface area contributed by atoms with E-state index in [-0.39, 0.29) is 30.2 Å². The molecule has 2 N–H and O–H groups in total. The van der Waals surface area contributed by atoms with Crippen LogP contribution in [0, 0.1) is 5.92 Å². The first-order valence-electron chi connectivity index (χ1n) is 14.9. The van der Waals surface area contributed by atoms with Crippen molar-refractivity contribution >= 4 is 56.9 Å². The van der Waals surface area contributed by atoms with Gasteiger partial charge in [0, 0.05) is 17.1 Å². The van der Waals surface area contributed by atoms with E-state index in [1.165, 1.54) is 19.3 Å². The number of rotatable bonds is 9. The van der Waals surface area contributed by atoms with Gasteiger partial charge in [-0.15, -0.1) is 16.4 Å². The second-order valence-electron chi connectivity index (χ2n) is 12.1. The Bertz CT molecular complexity index is 1650. The van der Waals surface area contributed by atoms with Crippen LogP contribution in [0.3, 0.4) is 0 Å². The number of aromatic nitrogens is 2. The van der Waals surface area contributed by atoms with Crippen LogP contribution in [0.15, 0.2) is 54.6 Å². The molecule has 0 spiro atoms. The molecule has 2 aromatic heterocycles. The molecule has 0 saturated carbocycles. The summed E-state index contributed by atoms with van der Waals surface area (Å²) in [6.45, 7) is 10.9. The number of piperidine rings is 1. The van der Waals surface area contributed by atoms with Gasteiger partial charge in [-0.2, -0.15) is 4.68 Å². The van der Waals surface area contributed by atoms with Crippen molar-refractivity contribution in [1.29, 1.82) is 0 Å². The lowest BCUT2D eigenvalue weighted by molar-refractivity contribution is 0.0915. The topological polar surface area (TPSA) is 106 Å². The maximum absolute atomic E-state index is 13.5. The van der Waals surface area contributed by atoms with Crippen LogP contribution in [0.25, 0.3) is 10.2 Å². The number of nitrogens with zero attached hydrogens (tertiary/aromatic N) is 3. The van der Waals surface area contributed by atoms with Gasteiger partial charge in [-0.05, 0) is 81.1 Å². The summed E-state index contributed by atoms with van der Waals surface area (Å²) < 4.78 is 6.54. The molecule has 232 valence electrons. The Morgan fingerprint density at radius 1 is 1.02 bits per heavy atom. The monoisotopic (exact) mass is 635 g/mol. The minimum atomic E-state index is -0.773. The van der Waals surface area contributed by atoms with Gasteiger partial charge in [-0.1, -0.05) is 62.2 Å². The van der Waals surface area contributed by atoms with Crippen LogP contribution in [0.4, 0.5) is 10.6 Å². The van der Waals surface area contributed by atoms with Gasteiger partial charge in [0.1, 0.15) is 4.83 Å². The Labute approximate surface area is 266 Å². The average molecular weight is 636 g/mol. The van der Waals surface area contributed by atoms with E-state index < -0.39 is 11.6 Å². The number of likely N-dealkylation sites (tertiary alicyclic amines) is 1. The molecular formula is C33H38ClN5O4S. The molecule has 11 heteroatoms. The van der Waals surface area contributed by atoms with Gasteiger partial charge < -0.3 is 15.4 Å². The summed E-state index contributed by atoms with van der Waals surface area (Å²) in [5.74, 6) is -0.420. The molecule has 9 nitrogen and oxygen atoms in total. The Morgan fingerprint density at radius 2 is 1.73 bits per heavy atom. The highest BCUT2D eigenvalue weighted by Gasteiger charge is 2.29. The van der Waals surface area contributed by atoms with Crippen molar-refractivity contribution in [2.75, 3.05) is 25.0 Å². The fraction of sp³-hybridized carbons (Fsp3) is 0.394. The van der Waals surface area contributed by atoms with Crippen molar-refractivity contribution in [2.45, 2.75) is 59.0 Å². The predicted molar refractivity (Wildman–Crippen MR) is 175 cm³/mol. The van der Waals surface area contributed by atoms with Crippen LogP contribution in [-0.2, 0) is 16.8 Å². The van der Waals surface area contributed by atoms with E-state index in [1.54, 1.807) is 24.3 Å². The number of nitrogens with one attached hydrogen (secondary N) is 2. The van der Waals surface area contributed by atoms with Gasteiger partial charge in [-0.25, -0.2) is 4.79 Å². The zero-order valence-electron chi connectivity index (χ0n) is 25.5. The number of fused-ring (bicyclic) bond motifs is 1. The molecule has 5 rings (SSSR count). The van der Waals surface area contributed by atoms with Crippen molar-refractivity contribution in [2.24, 2.45) is 5.92 Å². The van der Waals surface area contributed by atoms with E-state index >= 15 is 0 Å². The summed E-state index contributed by atoms with van der Waals surface area (Å²) in [6, 6.07) is 16.5. The molecule has 4 aromatic rings. The minimum absolute atomic E-state index is 0.124. The highest BCUT2D eigenvalue weighted by atomic mass is 35.5. The smallest absolute Gasteiger partial charge is 0.436 e. The van der Waals surface area contributed by atoms with E-state index in [9.17, 15) is 14.4 Å².